The van der Waals surface area contributed by atoms with E-state index in [-0.39, 0.29) is 11.6 Å². The van der Waals surface area contributed by atoms with E-state index in [1.165, 1.54) is 16.8 Å². The Hall–Kier alpha value is -4.53. The second-order valence-corrected chi connectivity index (χ2v) is 18.7. The van der Waals surface area contributed by atoms with Gasteiger partial charge in [-0.15, -0.1) is 0 Å². The summed E-state index contributed by atoms with van der Waals surface area (Å²) in [5.41, 5.74) is -0.0999. The van der Waals surface area contributed by atoms with Crippen LogP contribution in [-0.4, -0.2) is 74.7 Å². The molecular formula is C38H46N2O10Si. The van der Waals surface area contributed by atoms with Crippen LogP contribution in [0.3, 0.4) is 0 Å². The van der Waals surface area contributed by atoms with E-state index in [9.17, 15) is 19.5 Å². The number of hydrogen-bond donors (Lipinski definition) is 2. The van der Waals surface area contributed by atoms with Gasteiger partial charge in [-0.3, -0.25) is 14.3 Å². The van der Waals surface area contributed by atoms with Crippen molar-refractivity contribution in [2.45, 2.75) is 69.0 Å². The van der Waals surface area contributed by atoms with Gasteiger partial charge in [0.05, 0.1) is 20.8 Å². The molecule has 272 valence electrons. The minimum atomic E-state index is -2.59. The van der Waals surface area contributed by atoms with Gasteiger partial charge in [-0.25, -0.2) is 9.59 Å². The summed E-state index contributed by atoms with van der Waals surface area (Å²) >= 11 is 0. The molecule has 1 fully saturated rings. The Labute approximate surface area is 298 Å². The summed E-state index contributed by atoms with van der Waals surface area (Å²) in [5, 5.41) is 9.39. The highest BCUT2D eigenvalue weighted by Crippen LogP contribution is 2.45. The summed E-state index contributed by atoms with van der Waals surface area (Å²) < 4.78 is 38.9. The zero-order chi connectivity index (χ0) is 37.0. The van der Waals surface area contributed by atoms with Crippen LogP contribution in [0.4, 0.5) is 0 Å². The molecule has 12 nitrogen and oxygen atoms in total. The average Bonchev–Trinajstić information content (AvgIpc) is 3.43. The molecule has 2 heterocycles. The molecule has 4 aromatic rings. The Morgan fingerprint density at radius 3 is 1.88 bits per heavy atom. The topological polar surface area (TPSA) is 148 Å². The minimum Gasteiger partial charge on any atom is -0.497 e. The molecule has 3 aromatic carbocycles. The first kappa shape index (κ1) is 37.7. The van der Waals surface area contributed by atoms with Gasteiger partial charge < -0.3 is 33.2 Å². The number of aromatic nitrogens is 2. The van der Waals surface area contributed by atoms with E-state index in [0.717, 1.165) is 16.7 Å². The molecular weight excluding hydrogens is 673 g/mol. The van der Waals surface area contributed by atoms with Crippen molar-refractivity contribution < 1.29 is 38.0 Å². The first-order valence-electron chi connectivity index (χ1n) is 16.7. The number of ether oxygens (including phenoxy) is 5. The maximum atomic E-state index is 13.1. The van der Waals surface area contributed by atoms with Crippen molar-refractivity contribution in [3.05, 3.63) is 129 Å². The number of carboxylic acid groups (broad SMARTS) is 1. The molecule has 0 amide bonds. The van der Waals surface area contributed by atoms with Crippen LogP contribution in [0.5, 0.6) is 11.5 Å². The lowest BCUT2D eigenvalue weighted by molar-refractivity contribution is -0.148. The Morgan fingerprint density at radius 1 is 0.843 bits per heavy atom. The standard InChI is InChI=1S/C38H46N2O10Si/c1-37(2,3)51(6,7)50-33-30(49-35(34(33)47-24-32(42)43)40-22-21-31(41)39-36(40)44)23-48-38(25-11-9-8-10-12-25,26-13-17-28(45-4)18-14-26)27-15-19-29(46-5)20-16-27/h8-22,30,33-35H,23-24H2,1-7H3,(H,42,43)(H,39,41,44)/t30-,33-,34-,35-/m1/s1. The van der Waals surface area contributed by atoms with E-state index >= 15 is 0 Å². The normalized spacial score (nSPS) is 19.5. The van der Waals surface area contributed by atoms with Crippen LogP contribution < -0.4 is 20.7 Å². The highest BCUT2D eigenvalue weighted by molar-refractivity contribution is 6.74. The molecule has 51 heavy (non-hydrogen) atoms. The quantitative estimate of drug-likeness (QED) is 0.130. The molecule has 2 N–H and O–H groups in total. The van der Waals surface area contributed by atoms with Crippen molar-refractivity contribution in [3.63, 3.8) is 0 Å². The summed E-state index contributed by atoms with van der Waals surface area (Å²) in [7, 11) is 0.620. The van der Waals surface area contributed by atoms with Gasteiger partial charge in [-0.2, -0.15) is 0 Å². The smallest absolute Gasteiger partial charge is 0.330 e. The van der Waals surface area contributed by atoms with E-state index in [2.05, 4.69) is 38.8 Å². The van der Waals surface area contributed by atoms with Gasteiger partial charge in [0, 0.05) is 12.3 Å². The molecule has 0 spiro atoms. The fourth-order valence-electron chi connectivity index (χ4n) is 5.98. The highest BCUT2D eigenvalue weighted by atomic mass is 28.4. The lowest BCUT2D eigenvalue weighted by Gasteiger charge is -2.41. The van der Waals surface area contributed by atoms with Crippen molar-refractivity contribution in [2.75, 3.05) is 27.4 Å². The lowest BCUT2D eigenvalue weighted by Crippen LogP contribution is -2.51. The molecule has 5 rings (SSSR count). The third-order valence-corrected chi connectivity index (χ3v) is 14.2. The number of H-pyrrole nitrogens is 1. The minimum absolute atomic E-state index is 0.0756. The largest absolute Gasteiger partial charge is 0.497 e. The van der Waals surface area contributed by atoms with Crippen molar-refractivity contribution >= 4 is 14.3 Å². The zero-order valence-electron chi connectivity index (χ0n) is 30.0. The summed E-state index contributed by atoms with van der Waals surface area (Å²) in [4.78, 5) is 39.2. The molecule has 1 aliphatic heterocycles. The molecule has 0 saturated carbocycles. The van der Waals surface area contributed by atoms with Crippen LogP contribution in [0.25, 0.3) is 0 Å². The predicted molar refractivity (Wildman–Crippen MR) is 193 cm³/mol. The molecule has 1 aliphatic rings. The van der Waals surface area contributed by atoms with Crippen LogP contribution in [0, 0.1) is 0 Å². The summed E-state index contributed by atoms with van der Waals surface area (Å²) in [6.07, 6.45) is -2.63. The van der Waals surface area contributed by atoms with Gasteiger partial charge in [-0.1, -0.05) is 75.4 Å². The van der Waals surface area contributed by atoms with E-state index in [0.29, 0.717) is 11.5 Å². The molecule has 0 unspecified atom stereocenters. The maximum Gasteiger partial charge on any atom is 0.330 e. The summed E-state index contributed by atoms with van der Waals surface area (Å²) in [6, 6.07) is 26.2. The van der Waals surface area contributed by atoms with Gasteiger partial charge in [0.2, 0.25) is 0 Å². The Bertz CT molecular complexity index is 1840. The van der Waals surface area contributed by atoms with Crippen LogP contribution in [0.15, 0.2) is 101 Å². The molecule has 4 atom stereocenters. The number of nitrogens with zero attached hydrogens (tertiary/aromatic N) is 1. The Balaban J connectivity index is 1.66. The fraction of sp³-hybridized carbons (Fsp3) is 0.395. The lowest BCUT2D eigenvalue weighted by atomic mass is 9.80. The number of hydrogen-bond acceptors (Lipinski definition) is 9. The Morgan fingerprint density at radius 2 is 1.39 bits per heavy atom. The molecule has 0 bridgehead atoms. The van der Waals surface area contributed by atoms with E-state index < -0.39 is 62.3 Å². The van der Waals surface area contributed by atoms with Gasteiger partial charge in [0.25, 0.3) is 5.56 Å². The second kappa shape index (κ2) is 15.4. The summed E-state index contributed by atoms with van der Waals surface area (Å²) in [6.45, 7) is 9.67. The van der Waals surface area contributed by atoms with Gasteiger partial charge in [0.1, 0.15) is 42.0 Å². The molecule has 0 aliphatic carbocycles. The average molecular weight is 719 g/mol. The number of aromatic amines is 1. The number of benzene rings is 3. The summed E-state index contributed by atoms with van der Waals surface area (Å²) in [5.74, 6) is 0.144. The van der Waals surface area contributed by atoms with Crippen LogP contribution in [0.2, 0.25) is 18.1 Å². The first-order chi connectivity index (χ1) is 24.2. The van der Waals surface area contributed by atoms with E-state index in [4.69, 9.17) is 28.1 Å². The van der Waals surface area contributed by atoms with Crippen molar-refractivity contribution in [1.82, 2.24) is 9.55 Å². The number of methoxy groups -OCH3 is 2. The van der Waals surface area contributed by atoms with Crippen molar-refractivity contribution in [2.24, 2.45) is 0 Å². The fourth-order valence-corrected chi connectivity index (χ4v) is 7.30. The molecule has 1 saturated heterocycles. The van der Waals surface area contributed by atoms with Gasteiger partial charge >= 0.3 is 11.7 Å². The third kappa shape index (κ3) is 8.02. The number of nitrogens with one attached hydrogen (secondary N) is 1. The third-order valence-electron chi connectivity index (χ3n) is 9.68. The second-order valence-electron chi connectivity index (χ2n) is 13.9. The van der Waals surface area contributed by atoms with Crippen LogP contribution >= 0.6 is 0 Å². The van der Waals surface area contributed by atoms with Crippen LogP contribution in [-0.2, 0) is 29.0 Å². The molecule has 0 radical (unpaired) electrons. The Kier molecular flexibility index (Phi) is 11.4. The maximum absolute atomic E-state index is 13.1. The monoisotopic (exact) mass is 718 g/mol. The zero-order valence-corrected chi connectivity index (χ0v) is 31.0. The first-order valence-corrected chi connectivity index (χ1v) is 19.6. The number of carboxylic acids is 1. The van der Waals surface area contributed by atoms with E-state index in [1.54, 1.807) is 14.2 Å². The van der Waals surface area contributed by atoms with Crippen LogP contribution in [0.1, 0.15) is 43.7 Å². The van der Waals surface area contributed by atoms with Gasteiger partial charge in [-0.05, 0) is 59.1 Å². The number of carbonyl (C=O) groups is 1. The SMILES string of the molecule is COc1ccc(C(OC[C@H]2O[C@@H](n3ccc(=O)[nH]c3=O)[C@H](OCC(=O)O)[C@@H]2O[Si](C)(C)C(C)(C)C)(c2ccccc2)c2ccc(OC)cc2)cc1. The highest BCUT2D eigenvalue weighted by Gasteiger charge is 2.53. The van der Waals surface area contributed by atoms with Crippen molar-refractivity contribution in [3.8, 4) is 11.5 Å². The van der Waals surface area contributed by atoms with E-state index in [1.807, 2.05) is 78.9 Å². The number of rotatable bonds is 14. The molecule has 13 heteroatoms. The molecule has 1 aromatic heterocycles. The predicted octanol–water partition coefficient (Wildman–Crippen LogP) is 5.32. The van der Waals surface area contributed by atoms with Crippen molar-refractivity contribution in [1.29, 1.82) is 0 Å². The number of aliphatic carboxylic acids is 1. The van der Waals surface area contributed by atoms with Gasteiger partial charge in [0.15, 0.2) is 14.5 Å².